The van der Waals surface area contributed by atoms with Gasteiger partial charge in [0.05, 0.1) is 14.2 Å². The number of ether oxygens (including phenoxy) is 2. The Kier molecular flexibility index (Phi) is 6.32. The van der Waals surface area contributed by atoms with Crippen molar-refractivity contribution in [2.45, 2.75) is 24.2 Å². The Labute approximate surface area is 219 Å². The molecule has 0 spiro atoms. The van der Waals surface area contributed by atoms with Crippen LogP contribution in [0.2, 0.25) is 0 Å². The number of benzene rings is 4. The van der Waals surface area contributed by atoms with Gasteiger partial charge in [-0.25, -0.2) is 0 Å². The van der Waals surface area contributed by atoms with Crippen molar-refractivity contribution in [2.75, 3.05) is 14.2 Å². The van der Waals surface area contributed by atoms with Crippen molar-refractivity contribution in [3.8, 4) is 46.0 Å². The first-order valence-corrected chi connectivity index (χ1v) is 12.0. The SMILES string of the molecule is COc1cc([C@H]2c3c(O)cc(O)cc3C[C@@H](c3ccc(O)c(OC)c3)[C@@H]2c2cc(O)cc(O)c2)ccc1O. The molecule has 0 amide bonds. The van der Waals surface area contributed by atoms with Crippen molar-refractivity contribution >= 4 is 0 Å². The van der Waals surface area contributed by atoms with E-state index in [2.05, 4.69) is 0 Å². The molecule has 8 nitrogen and oxygen atoms in total. The lowest BCUT2D eigenvalue weighted by Crippen LogP contribution is -2.28. The number of phenolic OH excluding ortho intramolecular Hbond substituents is 6. The molecule has 0 saturated carbocycles. The molecule has 4 aromatic rings. The average Bonchev–Trinajstić information content (AvgIpc) is 2.87. The van der Waals surface area contributed by atoms with Gasteiger partial charge in [-0.15, -0.1) is 0 Å². The van der Waals surface area contributed by atoms with E-state index in [-0.39, 0.29) is 51.9 Å². The summed E-state index contributed by atoms with van der Waals surface area (Å²) in [6.45, 7) is 0. The third kappa shape index (κ3) is 4.34. The number of hydrogen-bond donors (Lipinski definition) is 6. The molecule has 0 radical (unpaired) electrons. The highest BCUT2D eigenvalue weighted by molar-refractivity contribution is 5.59. The van der Waals surface area contributed by atoms with Crippen LogP contribution >= 0.6 is 0 Å². The lowest BCUT2D eigenvalue weighted by Gasteiger charge is -2.41. The smallest absolute Gasteiger partial charge is 0.160 e. The van der Waals surface area contributed by atoms with Crippen LogP contribution in [0.1, 0.15) is 45.6 Å². The van der Waals surface area contributed by atoms with Crippen molar-refractivity contribution in [2.24, 2.45) is 0 Å². The van der Waals surface area contributed by atoms with Gasteiger partial charge in [-0.1, -0.05) is 12.1 Å². The first-order chi connectivity index (χ1) is 18.2. The van der Waals surface area contributed by atoms with Crippen molar-refractivity contribution in [3.05, 3.63) is 94.5 Å². The summed E-state index contributed by atoms with van der Waals surface area (Å²) in [6, 6.07) is 17.3. The molecule has 3 atom stereocenters. The molecule has 6 N–H and O–H groups in total. The fraction of sp³-hybridized carbons (Fsp3) is 0.200. The Morgan fingerprint density at radius 2 is 1.13 bits per heavy atom. The van der Waals surface area contributed by atoms with Crippen LogP contribution in [0.5, 0.6) is 46.0 Å². The van der Waals surface area contributed by atoms with E-state index in [4.69, 9.17) is 9.47 Å². The number of methoxy groups -OCH3 is 2. The summed E-state index contributed by atoms with van der Waals surface area (Å²) in [6.07, 6.45) is 0.387. The van der Waals surface area contributed by atoms with Crippen molar-refractivity contribution in [1.82, 2.24) is 0 Å². The summed E-state index contributed by atoms with van der Waals surface area (Å²) in [5.74, 6) is -1.30. The van der Waals surface area contributed by atoms with E-state index in [0.29, 0.717) is 28.7 Å². The van der Waals surface area contributed by atoms with E-state index in [9.17, 15) is 30.6 Å². The average molecular weight is 517 g/mol. The molecule has 8 heteroatoms. The van der Waals surface area contributed by atoms with E-state index in [1.165, 1.54) is 32.4 Å². The summed E-state index contributed by atoms with van der Waals surface area (Å²) >= 11 is 0. The standard InChI is InChI=1S/C30H28O8/c1-37-26-11-15(3-5-23(26)34)22-10-18-9-21(33)14-25(36)29(18)30(16-4-6-24(35)27(12-16)38-2)28(22)17-7-19(31)13-20(32)8-17/h3-9,11-14,22,28,30-36H,10H2,1-2H3/t22-,28-,30+/m0/s1. The van der Waals surface area contributed by atoms with Crippen LogP contribution in [0.3, 0.4) is 0 Å². The van der Waals surface area contributed by atoms with Crippen LogP contribution in [0, 0.1) is 0 Å². The maximum atomic E-state index is 11.1. The first kappa shape index (κ1) is 25.0. The molecule has 1 aliphatic rings. The first-order valence-electron chi connectivity index (χ1n) is 12.0. The molecule has 4 aromatic carbocycles. The maximum Gasteiger partial charge on any atom is 0.160 e. The molecule has 0 aliphatic heterocycles. The fourth-order valence-corrected chi connectivity index (χ4v) is 5.73. The monoisotopic (exact) mass is 516 g/mol. The number of aromatic hydroxyl groups is 6. The summed E-state index contributed by atoms with van der Waals surface area (Å²) in [4.78, 5) is 0. The quantitative estimate of drug-likeness (QED) is 0.213. The van der Waals surface area contributed by atoms with Crippen LogP contribution in [-0.4, -0.2) is 44.9 Å². The molecule has 0 fully saturated rings. The van der Waals surface area contributed by atoms with Gasteiger partial charge in [0.25, 0.3) is 0 Å². The van der Waals surface area contributed by atoms with E-state index >= 15 is 0 Å². The van der Waals surface area contributed by atoms with E-state index in [1.807, 2.05) is 0 Å². The van der Waals surface area contributed by atoms with E-state index in [0.717, 1.165) is 5.56 Å². The van der Waals surface area contributed by atoms with Gasteiger partial charge in [-0.05, 0) is 77.1 Å². The number of fused-ring (bicyclic) bond motifs is 1. The topological polar surface area (TPSA) is 140 Å². The Hall–Kier alpha value is -4.72. The fourth-order valence-electron chi connectivity index (χ4n) is 5.73. The third-order valence-corrected chi connectivity index (χ3v) is 7.28. The van der Waals surface area contributed by atoms with Crippen LogP contribution in [0.4, 0.5) is 0 Å². The van der Waals surface area contributed by atoms with Gasteiger partial charge < -0.3 is 40.1 Å². The van der Waals surface area contributed by atoms with Crippen LogP contribution in [0.15, 0.2) is 66.7 Å². The van der Waals surface area contributed by atoms with Gasteiger partial charge in [0.15, 0.2) is 23.0 Å². The summed E-state index contributed by atoms with van der Waals surface area (Å²) < 4.78 is 10.7. The number of phenols is 6. The Bertz CT molecular complexity index is 1490. The molecular formula is C30H28O8. The van der Waals surface area contributed by atoms with Crippen LogP contribution in [-0.2, 0) is 6.42 Å². The lowest BCUT2D eigenvalue weighted by atomic mass is 9.62. The van der Waals surface area contributed by atoms with Gasteiger partial charge in [0, 0.05) is 29.5 Å². The second-order valence-corrected chi connectivity index (χ2v) is 9.50. The normalized spacial score (nSPS) is 18.5. The zero-order valence-corrected chi connectivity index (χ0v) is 20.8. The molecule has 1 aliphatic carbocycles. The van der Waals surface area contributed by atoms with Gasteiger partial charge >= 0.3 is 0 Å². The Morgan fingerprint density at radius 3 is 1.74 bits per heavy atom. The summed E-state index contributed by atoms with van der Waals surface area (Å²) in [7, 11) is 2.90. The highest BCUT2D eigenvalue weighted by atomic mass is 16.5. The maximum absolute atomic E-state index is 11.1. The predicted octanol–water partition coefficient (Wildman–Crippen LogP) is 5.19. The van der Waals surface area contributed by atoms with Crippen molar-refractivity contribution in [3.63, 3.8) is 0 Å². The Morgan fingerprint density at radius 1 is 0.579 bits per heavy atom. The highest BCUT2D eigenvalue weighted by Gasteiger charge is 2.42. The highest BCUT2D eigenvalue weighted by Crippen LogP contribution is 2.57. The number of rotatable bonds is 5. The van der Waals surface area contributed by atoms with Crippen LogP contribution < -0.4 is 9.47 Å². The third-order valence-electron chi connectivity index (χ3n) is 7.28. The Balaban J connectivity index is 1.83. The second-order valence-electron chi connectivity index (χ2n) is 9.50. The minimum absolute atomic E-state index is 0.0193. The molecule has 0 heterocycles. The molecule has 0 saturated heterocycles. The second kappa shape index (κ2) is 9.63. The van der Waals surface area contributed by atoms with E-state index < -0.39 is 11.8 Å². The van der Waals surface area contributed by atoms with Gasteiger partial charge in [0.1, 0.15) is 23.0 Å². The molecular weight excluding hydrogens is 488 g/mol. The minimum atomic E-state index is -0.556. The zero-order valence-electron chi connectivity index (χ0n) is 20.8. The minimum Gasteiger partial charge on any atom is -0.508 e. The zero-order chi connectivity index (χ0) is 27.1. The summed E-state index contributed by atoms with van der Waals surface area (Å²) in [5, 5.41) is 62.8. The predicted molar refractivity (Wildman–Crippen MR) is 140 cm³/mol. The van der Waals surface area contributed by atoms with Gasteiger partial charge in [-0.3, -0.25) is 0 Å². The summed E-state index contributed by atoms with van der Waals surface area (Å²) in [5.41, 5.74) is 3.39. The van der Waals surface area contributed by atoms with Crippen molar-refractivity contribution in [1.29, 1.82) is 0 Å². The van der Waals surface area contributed by atoms with Gasteiger partial charge in [0.2, 0.25) is 0 Å². The largest absolute Gasteiger partial charge is 0.508 e. The van der Waals surface area contributed by atoms with Crippen molar-refractivity contribution < 1.29 is 40.1 Å². The molecule has 0 bridgehead atoms. The van der Waals surface area contributed by atoms with Gasteiger partial charge in [-0.2, -0.15) is 0 Å². The van der Waals surface area contributed by atoms with Crippen LogP contribution in [0.25, 0.3) is 0 Å². The molecule has 0 unspecified atom stereocenters. The molecule has 0 aromatic heterocycles. The molecule has 196 valence electrons. The van der Waals surface area contributed by atoms with E-state index in [1.54, 1.807) is 48.5 Å². The molecule has 5 rings (SSSR count). The number of hydrogen-bond acceptors (Lipinski definition) is 8. The molecule has 38 heavy (non-hydrogen) atoms. The lowest BCUT2D eigenvalue weighted by molar-refractivity contribution is 0.368.